The lowest BCUT2D eigenvalue weighted by Crippen LogP contribution is -1.95. The molecular weight excluding hydrogens is 138 g/mol. The molecule has 1 N–H and O–H groups in total. The fourth-order valence-electron chi connectivity index (χ4n) is 0.568. The number of alkyl halides is 1. The highest BCUT2D eigenvalue weighted by molar-refractivity contribution is 6.17. The zero-order valence-electron chi connectivity index (χ0n) is 5.60. The van der Waals surface area contributed by atoms with Crippen molar-refractivity contribution in [2.24, 2.45) is 5.16 Å². The molecule has 0 fully saturated rings. The second-order valence-corrected chi connectivity index (χ2v) is 2.19. The fraction of sp³-hybridized carbons (Fsp3) is 0.833. The molecule has 0 saturated carbocycles. The van der Waals surface area contributed by atoms with Gasteiger partial charge < -0.3 is 5.21 Å². The van der Waals surface area contributed by atoms with Crippen LogP contribution in [0.1, 0.15) is 26.2 Å². The van der Waals surface area contributed by atoms with E-state index in [-0.39, 0.29) is 0 Å². The summed E-state index contributed by atoms with van der Waals surface area (Å²) in [6.07, 6.45) is 2.53. The number of hydrogen-bond acceptors (Lipinski definition) is 2. The van der Waals surface area contributed by atoms with Gasteiger partial charge in [0.1, 0.15) is 0 Å². The Bertz CT molecular complexity index is 93.1. The van der Waals surface area contributed by atoms with E-state index in [1.807, 2.05) is 6.92 Å². The first-order valence-electron chi connectivity index (χ1n) is 3.11. The van der Waals surface area contributed by atoms with Crippen molar-refractivity contribution in [2.45, 2.75) is 26.2 Å². The Labute approximate surface area is 60.5 Å². The minimum absolute atomic E-state index is 0.638. The number of halogens is 1. The van der Waals surface area contributed by atoms with Gasteiger partial charge in [-0.15, -0.1) is 11.6 Å². The van der Waals surface area contributed by atoms with Crippen LogP contribution in [0.2, 0.25) is 0 Å². The van der Waals surface area contributed by atoms with Gasteiger partial charge in [0, 0.05) is 5.88 Å². The zero-order chi connectivity index (χ0) is 7.11. The van der Waals surface area contributed by atoms with E-state index in [1.54, 1.807) is 0 Å². The Kier molecular flexibility index (Phi) is 5.73. The Morgan fingerprint density at radius 1 is 1.67 bits per heavy atom. The van der Waals surface area contributed by atoms with Crippen LogP contribution < -0.4 is 0 Å². The first kappa shape index (κ1) is 8.76. The van der Waals surface area contributed by atoms with Gasteiger partial charge in [0.15, 0.2) is 0 Å². The lowest BCUT2D eigenvalue weighted by atomic mass is 10.2. The van der Waals surface area contributed by atoms with Gasteiger partial charge in [-0.2, -0.15) is 0 Å². The molecule has 0 aliphatic carbocycles. The Hall–Kier alpha value is -0.240. The van der Waals surface area contributed by atoms with E-state index >= 15 is 0 Å². The molecule has 0 aromatic rings. The third kappa shape index (κ3) is 4.28. The Balaban J connectivity index is 3.33. The van der Waals surface area contributed by atoms with Crippen molar-refractivity contribution < 1.29 is 5.21 Å². The van der Waals surface area contributed by atoms with Crippen LogP contribution in [0.3, 0.4) is 0 Å². The summed E-state index contributed by atoms with van der Waals surface area (Å²) in [5.74, 6) is 0.638. The quantitative estimate of drug-likeness (QED) is 0.283. The number of rotatable bonds is 4. The normalized spacial score (nSPS) is 12.0. The van der Waals surface area contributed by atoms with Crippen LogP contribution in [0.4, 0.5) is 0 Å². The van der Waals surface area contributed by atoms with E-state index in [9.17, 15) is 0 Å². The SMILES string of the molecule is CC/C(CCCCl)=N\O. The van der Waals surface area contributed by atoms with Gasteiger partial charge in [-0.05, 0) is 19.3 Å². The minimum atomic E-state index is 0.638. The van der Waals surface area contributed by atoms with Gasteiger partial charge in [-0.25, -0.2) is 0 Å². The predicted molar refractivity (Wildman–Crippen MR) is 39.5 cm³/mol. The predicted octanol–water partition coefficient (Wildman–Crippen LogP) is 2.25. The third-order valence-corrected chi connectivity index (χ3v) is 1.42. The lowest BCUT2D eigenvalue weighted by molar-refractivity contribution is 0.316. The Morgan fingerprint density at radius 3 is 2.67 bits per heavy atom. The largest absolute Gasteiger partial charge is 0.411 e. The summed E-state index contributed by atoms with van der Waals surface area (Å²) >= 11 is 5.42. The van der Waals surface area contributed by atoms with Crippen LogP contribution in [0.25, 0.3) is 0 Å². The van der Waals surface area contributed by atoms with Crippen LogP contribution in [0, 0.1) is 0 Å². The molecule has 0 spiro atoms. The van der Waals surface area contributed by atoms with Gasteiger partial charge in [0.05, 0.1) is 5.71 Å². The number of nitrogens with zero attached hydrogens (tertiary/aromatic N) is 1. The van der Waals surface area contributed by atoms with Crippen molar-refractivity contribution in [1.82, 2.24) is 0 Å². The molecular formula is C6H12ClNO. The van der Waals surface area contributed by atoms with E-state index in [1.165, 1.54) is 0 Å². The molecule has 0 saturated heterocycles. The molecule has 0 aliphatic rings. The van der Waals surface area contributed by atoms with Crippen LogP contribution >= 0.6 is 11.6 Å². The maximum atomic E-state index is 8.30. The maximum Gasteiger partial charge on any atom is 0.0568 e. The molecule has 0 aromatic heterocycles. The molecule has 0 bridgehead atoms. The van der Waals surface area contributed by atoms with Gasteiger partial charge in [-0.1, -0.05) is 12.1 Å². The van der Waals surface area contributed by atoms with Gasteiger partial charge in [0.25, 0.3) is 0 Å². The number of oxime groups is 1. The molecule has 54 valence electrons. The molecule has 0 unspecified atom stereocenters. The van der Waals surface area contributed by atoms with E-state index in [4.69, 9.17) is 16.8 Å². The van der Waals surface area contributed by atoms with Gasteiger partial charge >= 0.3 is 0 Å². The molecule has 0 atom stereocenters. The van der Waals surface area contributed by atoms with Crippen molar-refractivity contribution in [1.29, 1.82) is 0 Å². The summed E-state index contributed by atoms with van der Waals surface area (Å²) in [6.45, 7) is 1.96. The van der Waals surface area contributed by atoms with Crippen LogP contribution in [0.15, 0.2) is 5.16 Å². The monoisotopic (exact) mass is 149 g/mol. The molecule has 0 amide bonds. The highest BCUT2D eigenvalue weighted by atomic mass is 35.5. The average Bonchev–Trinajstić information content (AvgIpc) is 1.91. The summed E-state index contributed by atoms with van der Waals surface area (Å²) in [7, 11) is 0. The summed E-state index contributed by atoms with van der Waals surface area (Å²) in [6, 6.07) is 0. The Morgan fingerprint density at radius 2 is 2.33 bits per heavy atom. The minimum Gasteiger partial charge on any atom is -0.411 e. The van der Waals surface area contributed by atoms with E-state index in [0.717, 1.165) is 25.0 Å². The molecule has 3 heteroatoms. The van der Waals surface area contributed by atoms with E-state index < -0.39 is 0 Å². The average molecular weight is 150 g/mol. The van der Waals surface area contributed by atoms with Crippen molar-refractivity contribution in [3.05, 3.63) is 0 Å². The number of hydrogen-bond donors (Lipinski definition) is 1. The second-order valence-electron chi connectivity index (χ2n) is 1.81. The standard InChI is InChI=1S/C6H12ClNO/c1-2-6(8-9)4-3-5-7/h9H,2-5H2,1H3/b8-6+. The van der Waals surface area contributed by atoms with Crippen molar-refractivity contribution in [3.8, 4) is 0 Å². The topological polar surface area (TPSA) is 32.6 Å². The summed E-state index contributed by atoms with van der Waals surface area (Å²) < 4.78 is 0. The van der Waals surface area contributed by atoms with Crippen LogP contribution in [-0.4, -0.2) is 16.8 Å². The third-order valence-electron chi connectivity index (χ3n) is 1.15. The molecule has 9 heavy (non-hydrogen) atoms. The van der Waals surface area contributed by atoms with Crippen LogP contribution in [0.5, 0.6) is 0 Å². The maximum absolute atomic E-state index is 8.30. The first-order valence-corrected chi connectivity index (χ1v) is 3.64. The van der Waals surface area contributed by atoms with Crippen molar-refractivity contribution >= 4 is 17.3 Å². The van der Waals surface area contributed by atoms with Crippen molar-refractivity contribution in [2.75, 3.05) is 5.88 Å². The summed E-state index contributed by atoms with van der Waals surface area (Å²) in [4.78, 5) is 0. The lowest BCUT2D eigenvalue weighted by Gasteiger charge is -1.95. The molecule has 0 aliphatic heterocycles. The highest BCUT2D eigenvalue weighted by Crippen LogP contribution is 1.97. The smallest absolute Gasteiger partial charge is 0.0568 e. The summed E-state index contributed by atoms with van der Waals surface area (Å²) in [5.41, 5.74) is 0.829. The van der Waals surface area contributed by atoms with Crippen LogP contribution in [-0.2, 0) is 0 Å². The molecule has 0 aromatic carbocycles. The molecule has 0 rings (SSSR count). The second kappa shape index (κ2) is 5.89. The molecule has 2 nitrogen and oxygen atoms in total. The van der Waals surface area contributed by atoms with Gasteiger partial charge in [-0.3, -0.25) is 0 Å². The fourth-order valence-corrected chi connectivity index (χ4v) is 0.702. The van der Waals surface area contributed by atoms with E-state index in [2.05, 4.69) is 5.16 Å². The van der Waals surface area contributed by atoms with Crippen molar-refractivity contribution in [3.63, 3.8) is 0 Å². The zero-order valence-corrected chi connectivity index (χ0v) is 6.36. The van der Waals surface area contributed by atoms with E-state index in [0.29, 0.717) is 5.88 Å². The molecule has 0 radical (unpaired) electrons. The summed E-state index contributed by atoms with van der Waals surface area (Å²) in [5, 5.41) is 11.4. The van der Waals surface area contributed by atoms with Gasteiger partial charge in [0.2, 0.25) is 0 Å². The molecule has 0 heterocycles. The highest BCUT2D eigenvalue weighted by Gasteiger charge is 1.94. The first-order chi connectivity index (χ1) is 4.35.